The van der Waals surface area contributed by atoms with Gasteiger partial charge in [-0.3, -0.25) is 9.78 Å². The van der Waals surface area contributed by atoms with Crippen molar-refractivity contribution in [1.82, 2.24) is 15.2 Å². The molecule has 0 bridgehead atoms. The second kappa shape index (κ2) is 8.85. The van der Waals surface area contributed by atoms with Crippen molar-refractivity contribution in [3.63, 3.8) is 0 Å². The summed E-state index contributed by atoms with van der Waals surface area (Å²) in [5.74, 6) is 1.17. The van der Waals surface area contributed by atoms with Crippen molar-refractivity contribution in [2.24, 2.45) is 0 Å². The van der Waals surface area contributed by atoms with Gasteiger partial charge in [-0.05, 0) is 60.7 Å². The standard InChI is InChI=1S/C22H20ClN3O3S/c1-28-19(27)11-13-26-21(20(25-22(26)30)16-4-2-3-12-24-16)18-10-9-17(29-18)14-5-7-15(23)8-6-14/h2-10,12,20-21H,11,13H2,1H3,(H,25,30)/t20-,21-/m1/s1. The summed E-state index contributed by atoms with van der Waals surface area (Å²) < 4.78 is 11.0. The number of methoxy groups -OCH3 is 1. The Labute approximate surface area is 184 Å². The Morgan fingerprint density at radius 2 is 2.03 bits per heavy atom. The van der Waals surface area contributed by atoms with E-state index in [0.717, 1.165) is 22.8 Å². The second-order valence-electron chi connectivity index (χ2n) is 6.86. The fourth-order valence-electron chi connectivity index (χ4n) is 3.55. The molecule has 1 N–H and O–H groups in total. The van der Waals surface area contributed by atoms with Crippen LogP contribution in [0.25, 0.3) is 11.3 Å². The van der Waals surface area contributed by atoms with Gasteiger partial charge in [-0.25, -0.2) is 0 Å². The van der Waals surface area contributed by atoms with Crippen molar-refractivity contribution in [1.29, 1.82) is 0 Å². The Bertz CT molecular complexity index is 1040. The number of ether oxygens (including phenoxy) is 1. The second-order valence-corrected chi connectivity index (χ2v) is 7.68. The van der Waals surface area contributed by atoms with Crippen molar-refractivity contribution in [3.05, 3.63) is 77.3 Å². The van der Waals surface area contributed by atoms with E-state index in [-0.39, 0.29) is 24.5 Å². The van der Waals surface area contributed by atoms with Crippen molar-refractivity contribution < 1.29 is 13.9 Å². The summed E-state index contributed by atoms with van der Waals surface area (Å²) in [4.78, 5) is 18.2. The number of furan rings is 1. The predicted molar refractivity (Wildman–Crippen MR) is 118 cm³/mol. The minimum Gasteiger partial charge on any atom is -0.469 e. The molecular formula is C22H20ClN3O3S. The van der Waals surface area contributed by atoms with Crippen molar-refractivity contribution in [3.8, 4) is 11.3 Å². The largest absolute Gasteiger partial charge is 0.469 e. The van der Waals surface area contributed by atoms with E-state index in [1.54, 1.807) is 6.20 Å². The third-order valence-corrected chi connectivity index (χ3v) is 5.63. The van der Waals surface area contributed by atoms with Crippen LogP contribution in [0.4, 0.5) is 0 Å². The van der Waals surface area contributed by atoms with Crippen molar-refractivity contribution >= 4 is 34.9 Å². The number of hydrogen-bond acceptors (Lipinski definition) is 5. The van der Waals surface area contributed by atoms with Crippen LogP contribution >= 0.6 is 23.8 Å². The fourth-order valence-corrected chi connectivity index (χ4v) is 4.01. The molecule has 3 heterocycles. The Hall–Kier alpha value is -2.90. The zero-order valence-corrected chi connectivity index (χ0v) is 17.8. The molecule has 1 saturated heterocycles. The molecule has 30 heavy (non-hydrogen) atoms. The summed E-state index contributed by atoms with van der Waals surface area (Å²) in [7, 11) is 1.38. The van der Waals surface area contributed by atoms with Gasteiger partial charge in [-0.2, -0.15) is 0 Å². The maximum Gasteiger partial charge on any atom is 0.307 e. The highest BCUT2D eigenvalue weighted by Gasteiger charge is 2.41. The number of aromatic nitrogens is 1. The number of rotatable bonds is 6. The molecule has 4 rings (SSSR count). The van der Waals surface area contributed by atoms with Gasteiger partial charge in [0.05, 0.1) is 25.3 Å². The molecule has 2 atom stereocenters. The zero-order valence-electron chi connectivity index (χ0n) is 16.2. The van der Waals surface area contributed by atoms with Gasteiger partial charge in [-0.1, -0.05) is 17.7 Å². The van der Waals surface area contributed by atoms with Gasteiger partial charge < -0.3 is 19.4 Å². The lowest BCUT2D eigenvalue weighted by molar-refractivity contribution is -0.140. The molecule has 0 radical (unpaired) electrons. The number of halogens is 1. The van der Waals surface area contributed by atoms with E-state index in [4.69, 9.17) is 33.0 Å². The summed E-state index contributed by atoms with van der Waals surface area (Å²) in [6.07, 6.45) is 1.96. The Balaban J connectivity index is 1.68. The Morgan fingerprint density at radius 3 is 2.73 bits per heavy atom. The number of thiocarbonyl (C=S) groups is 1. The van der Waals surface area contributed by atoms with E-state index < -0.39 is 0 Å². The quantitative estimate of drug-likeness (QED) is 0.445. The summed E-state index contributed by atoms with van der Waals surface area (Å²) in [5.41, 5.74) is 1.77. The number of benzene rings is 1. The van der Waals surface area contributed by atoms with E-state index in [1.807, 2.05) is 59.5 Å². The number of carbonyl (C=O) groups excluding carboxylic acids is 1. The van der Waals surface area contributed by atoms with Gasteiger partial charge >= 0.3 is 5.97 Å². The molecule has 1 aliphatic heterocycles. The number of esters is 1. The Kier molecular flexibility index (Phi) is 6.01. The molecule has 0 spiro atoms. The molecule has 1 fully saturated rings. The van der Waals surface area contributed by atoms with Crippen LogP contribution in [0.15, 0.2) is 65.2 Å². The first-order chi connectivity index (χ1) is 14.6. The molecule has 1 aliphatic rings. The number of nitrogens with one attached hydrogen (secondary N) is 1. The first-order valence-electron chi connectivity index (χ1n) is 9.47. The first-order valence-corrected chi connectivity index (χ1v) is 10.3. The van der Waals surface area contributed by atoms with Crippen LogP contribution in [0.2, 0.25) is 5.02 Å². The topological polar surface area (TPSA) is 67.6 Å². The van der Waals surface area contributed by atoms with E-state index >= 15 is 0 Å². The summed E-state index contributed by atoms with van der Waals surface area (Å²) in [6, 6.07) is 16.6. The van der Waals surface area contributed by atoms with Crippen LogP contribution in [0.3, 0.4) is 0 Å². The number of pyridine rings is 1. The molecule has 3 aromatic rings. The van der Waals surface area contributed by atoms with Crippen LogP contribution in [0.1, 0.15) is 30.0 Å². The molecular weight excluding hydrogens is 422 g/mol. The highest BCUT2D eigenvalue weighted by atomic mass is 35.5. The lowest BCUT2D eigenvalue weighted by Crippen LogP contribution is -2.31. The van der Waals surface area contributed by atoms with Crippen molar-refractivity contribution in [2.45, 2.75) is 18.5 Å². The number of carbonyl (C=O) groups is 1. The van der Waals surface area contributed by atoms with Gasteiger partial charge in [0.15, 0.2) is 5.11 Å². The van der Waals surface area contributed by atoms with E-state index in [9.17, 15) is 4.79 Å². The molecule has 8 heteroatoms. The van der Waals surface area contributed by atoms with E-state index in [0.29, 0.717) is 16.7 Å². The summed E-state index contributed by atoms with van der Waals surface area (Å²) in [6.45, 7) is 0.406. The van der Waals surface area contributed by atoms with Crippen LogP contribution in [-0.4, -0.2) is 34.6 Å². The average Bonchev–Trinajstić information content (AvgIpc) is 3.37. The normalized spacial score (nSPS) is 18.3. The first kappa shape index (κ1) is 20.4. The molecule has 6 nitrogen and oxygen atoms in total. The van der Waals surface area contributed by atoms with Crippen LogP contribution in [0, 0.1) is 0 Å². The minimum atomic E-state index is -0.292. The summed E-state index contributed by atoms with van der Waals surface area (Å²) in [5, 5.41) is 4.54. The lowest BCUT2D eigenvalue weighted by atomic mass is 10.0. The minimum absolute atomic E-state index is 0.208. The monoisotopic (exact) mass is 441 g/mol. The molecule has 2 aromatic heterocycles. The molecule has 1 aromatic carbocycles. The summed E-state index contributed by atoms with van der Waals surface area (Å²) >= 11 is 11.6. The van der Waals surface area contributed by atoms with E-state index in [2.05, 4.69) is 10.3 Å². The maximum absolute atomic E-state index is 11.7. The van der Waals surface area contributed by atoms with Crippen molar-refractivity contribution in [2.75, 3.05) is 13.7 Å². The SMILES string of the molecule is COC(=O)CCN1C(=S)N[C@H](c2ccccn2)[C@H]1c1ccc(-c2ccc(Cl)cc2)o1. The van der Waals surface area contributed by atoms with Gasteiger partial charge in [0.1, 0.15) is 17.6 Å². The third-order valence-electron chi connectivity index (χ3n) is 5.03. The maximum atomic E-state index is 11.7. The van der Waals surface area contributed by atoms with Gasteiger partial charge in [-0.15, -0.1) is 0 Å². The highest BCUT2D eigenvalue weighted by molar-refractivity contribution is 7.80. The Morgan fingerprint density at radius 1 is 1.23 bits per heavy atom. The van der Waals surface area contributed by atoms with Crippen LogP contribution in [-0.2, 0) is 9.53 Å². The highest BCUT2D eigenvalue weighted by Crippen LogP contribution is 2.40. The fraction of sp³-hybridized carbons (Fsp3) is 0.227. The van der Waals surface area contributed by atoms with E-state index in [1.165, 1.54) is 7.11 Å². The van der Waals surface area contributed by atoms with Crippen LogP contribution < -0.4 is 5.32 Å². The van der Waals surface area contributed by atoms with Gasteiger partial charge in [0.2, 0.25) is 0 Å². The third kappa shape index (κ3) is 4.17. The van der Waals surface area contributed by atoms with Crippen LogP contribution in [0.5, 0.6) is 0 Å². The molecule has 0 unspecified atom stereocenters. The van der Waals surface area contributed by atoms with Gasteiger partial charge in [0.25, 0.3) is 0 Å². The smallest absolute Gasteiger partial charge is 0.307 e. The molecule has 0 saturated carbocycles. The average molecular weight is 442 g/mol. The number of nitrogens with zero attached hydrogens (tertiary/aromatic N) is 2. The number of hydrogen-bond donors (Lipinski definition) is 1. The zero-order chi connectivity index (χ0) is 21.1. The predicted octanol–water partition coefficient (Wildman–Crippen LogP) is 4.53. The van der Waals surface area contributed by atoms with Gasteiger partial charge in [0, 0.05) is 23.3 Å². The molecule has 0 amide bonds. The molecule has 0 aliphatic carbocycles. The molecule has 154 valence electrons. The lowest BCUT2D eigenvalue weighted by Gasteiger charge is -2.25.